The van der Waals surface area contributed by atoms with Gasteiger partial charge in [0.15, 0.2) is 0 Å². The summed E-state index contributed by atoms with van der Waals surface area (Å²) < 4.78 is 0. The van der Waals surface area contributed by atoms with E-state index in [4.69, 9.17) is 11.6 Å². The third-order valence-corrected chi connectivity index (χ3v) is 3.97. The molecular weight excluding hydrogens is 260 g/mol. The van der Waals surface area contributed by atoms with E-state index in [1.807, 2.05) is 24.3 Å². The van der Waals surface area contributed by atoms with Crippen molar-refractivity contribution in [2.75, 3.05) is 19.6 Å². The van der Waals surface area contributed by atoms with Crippen LogP contribution in [0.4, 0.5) is 0 Å². The molecule has 1 aliphatic rings. The van der Waals surface area contributed by atoms with Crippen LogP contribution in [0.25, 0.3) is 0 Å². The molecule has 1 aromatic carbocycles. The summed E-state index contributed by atoms with van der Waals surface area (Å²) in [5.74, 6) is 0.500. The molecule has 1 saturated heterocycles. The Morgan fingerprint density at radius 1 is 1.42 bits per heavy atom. The molecule has 2 rings (SSSR count). The van der Waals surface area contributed by atoms with Gasteiger partial charge in [-0.2, -0.15) is 0 Å². The summed E-state index contributed by atoms with van der Waals surface area (Å²) in [6.45, 7) is 5.32. The highest BCUT2D eigenvalue weighted by atomic mass is 35.5. The second-order valence-corrected chi connectivity index (χ2v) is 5.30. The molecule has 0 aromatic heterocycles. The first-order chi connectivity index (χ1) is 9.22. The molecule has 1 atom stereocenters. The van der Waals surface area contributed by atoms with Crippen molar-refractivity contribution in [1.82, 2.24) is 10.2 Å². The first-order valence-corrected chi connectivity index (χ1v) is 7.44. The number of amides is 1. The normalized spacial score (nSPS) is 20.2. The summed E-state index contributed by atoms with van der Waals surface area (Å²) in [7, 11) is 0. The van der Waals surface area contributed by atoms with Crippen LogP contribution in [0, 0.1) is 0 Å². The van der Waals surface area contributed by atoms with Crippen LogP contribution in [0.5, 0.6) is 0 Å². The van der Waals surface area contributed by atoms with Gasteiger partial charge in [0.05, 0.1) is 0 Å². The number of hydrogen-bond acceptors (Lipinski definition) is 2. The van der Waals surface area contributed by atoms with E-state index < -0.39 is 0 Å². The standard InChI is InChI=1S/C15H21ClN2O/c1-2-18-9-3-4-14(11-18)17-15(19)13-7-5-12(10-16)6-8-13/h5-8,14H,2-4,9-11H2,1H3,(H,17,19). The Morgan fingerprint density at radius 3 is 2.79 bits per heavy atom. The van der Waals surface area contributed by atoms with Crippen LogP contribution in [0.15, 0.2) is 24.3 Å². The van der Waals surface area contributed by atoms with E-state index >= 15 is 0 Å². The van der Waals surface area contributed by atoms with E-state index in [1.165, 1.54) is 0 Å². The number of likely N-dealkylation sites (tertiary alicyclic amines) is 1. The SMILES string of the molecule is CCN1CCCC(NC(=O)c2ccc(CCl)cc2)C1. The molecule has 104 valence electrons. The second kappa shape index (κ2) is 6.92. The maximum Gasteiger partial charge on any atom is 0.251 e. The van der Waals surface area contributed by atoms with Crippen molar-refractivity contribution >= 4 is 17.5 Å². The Labute approximate surface area is 119 Å². The number of alkyl halides is 1. The van der Waals surface area contributed by atoms with E-state index in [-0.39, 0.29) is 11.9 Å². The first-order valence-electron chi connectivity index (χ1n) is 6.91. The Kier molecular flexibility index (Phi) is 5.23. The summed E-state index contributed by atoms with van der Waals surface area (Å²) in [6.07, 6.45) is 2.23. The maximum absolute atomic E-state index is 12.1. The number of benzene rings is 1. The zero-order valence-corrected chi connectivity index (χ0v) is 12.1. The second-order valence-electron chi connectivity index (χ2n) is 5.04. The number of nitrogens with one attached hydrogen (secondary N) is 1. The lowest BCUT2D eigenvalue weighted by Gasteiger charge is -2.32. The van der Waals surface area contributed by atoms with Gasteiger partial charge in [-0.1, -0.05) is 19.1 Å². The molecule has 1 fully saturated rings. The zero-order chi connectivity index (χ0) is 13.7. The highest BCUT2D eigenvalue weighted by Crippen LogP contribution is 2.11. The molecule has 1 amide bonds. The van der Waals surface area contributed by atoms with Crippen molar-refractivity contribution in [3.8, 4) is 0 Å². The number of hydrogen-bond donors (Lipinski definition) is 1. The predicted molar refractivity (Wildman–Crippen MR) is 78.6 cm³/mol. The van der Waals surface area contributed by atoms with Gasteiger partial charge in [0, 0.05) is 24.0 Å². The van der Waals surface area contributed by atoms with E-state index in [0.717, 1.165) is 38.0 Å². The average molecular weight is 281 g/mol. The van der Waals surface area contributed by atoms with Crippen LogP contribution in [-0.2, 0) is 5.88 Å². The van der Waals surface area contributed by atoms with Gasteiger partial charge >= 0.3 is 0 Å². The Balaban J connectivity index is 1.92. The van der Waals surface area contributed by atoms with Crippen LogP contribution in [0.2, 0.25) is 0 Å². The first kappa shape index (κ1) is 14.4. The monoisotopic (exact) mass is 280 g/mol. The predicted octanol–water partition coefficient (Wildman–Crippen LogP) is 2.64. The summed E-state index contributed by atoms with van der Waals surface area (Å²) in [5.41, 5.74) is 1.75. The van der Waals surface area contributed by atoms with Crippen LogP contribution >= 0.6 is 11.6 Å². The molecular formula is C15H21ClN2O. The van der Waals surface area contributed by atoms with Gasteiger partial charge in [-0.15, -0.1) is 11.6 Å². The van der Waals surface area contributed by atoms with Crippen LogP contribution < -0.4 is 5.32 Å². The quantitative estimate of drug-likeness (QED) is 0.860. The van der Waals surface area contributed by atoms with E-state index in [0.29, 0.717) is 11.4 Å². The lowest BCUT2D eigenvalue weighted by molar-refractivity contribution is 0.0906. The van der Waals surface area contributed by atoms with E-state index in [2.05, 4.69) is 17.1 Å². The minimum atomic E-state index is 0.0177. The Hall–Kier alpha value is -1.06. The summed E-state index contributed by atoms with van der Waals surface area (Å²) >= 11 is 5.74. The number of halogens is 1. The lowest BCUT2D eigenvalue weighted by Crippen LogP contribution is -2.47. The fourth-order valence-corrected chi connectivity index (χ4v) is 2.65. The molecule has 3 nitrogen and oxygen atoms in total. The van der Waals surface area contributed by atoms with Crippen LogP contribution in [0.1, 0.15) is 35.7 Å². The number of rotatable bonds is 4. The van der Waals surface area contributed by atoms with Crippen molar-refractivity contribution in [2.24, 2.45) is 0 Å². The largest absolute Gasteiger partial charge is 0.348 e. The van der Waals surface area contributed by atoms with Crippen molar-refractivity contribution in [3.63, 3.8) is 0 Å². The highest BCUT2D eigenvalue weighted by Gasteiger charge is 2.20. The van der Waals surface area contributed by atoms with E-state index in [9.17, 15) is 4.79 Å². The zero-order valence-electron chi connectivity index (χ0n) is 11.4. The third-order valence-electron chi connectivity index (χ3n) is 3.66. The van der Waals surface area contributed by atoms with Crippen molar-refractivity contribution < 1.29 is 4.79 Å². The number of likely N-dealkylation sites (N-methyl/N-ethyl adjacent to an activating group) is 1. The number of nitrogens with zero attached hydrogens (tertiary/aromatic N) is 1. The van der Waals surface area contributed by atoms with Gasteiger partial charge in [-0.05, 0) is 43.6 Å². The molecule has 1 aliphatic heterocycles. The van der Waals surface area contributed by atoms with Gasteiger partial charge in [-0.25, -0.2) is 0 Å². The van der Waals surface area contributed by atoms with Gasteiger partial charge < -0.3 is 10.2 Å². The van der Waals surface area contributed by atoms with Gasteiger partial charge in [0.1, 0.15) is 0 Å². The molecule has 1 heterocycles. The molecule has 0 aliphatic carbocycles. The van der Waals surface area contributed by atoms with Gasteiger partial charge in [0.25, 0.3) is 5.91 Å². The molecule has 4 heteroatoms. The molecule has 0 radical (unpaired) electrons. The van der Waals surface area contributed by atoms with E-state index in [1.54, 1.807) is 0 Å². The average Bonchev–Trinajstić information content (AvgIpc) is 2.47. The third kappa shape index (κ3) is 3.95. The molecule has 1 aromatic rings. The minimum absolute atomic E-state index is 0.0177. The Morgan fingerprint density at radius 2 is 2.16 bits per heavy atom. The van der Waals surface area contributed by atoms with Crippen molar-refractivity contribution in [1.29, 1.82) is 0 Å². The molecule has 0 bridgehead atoms. The highest BCUT2D eigenvalue weighted by molar-refractivity contribution is 6.17. The molecule has 0 saturated carbocycles. The fraction of sp³-hybridized carbons (Fsp3) is 0.533. The minimum Gasteiger partial charge on any atom is -0.348 e. The molecule has 19 heavy (non-hydrogen) atoms. The number of carbonyl (C=O) groups is 1. The lowest BCUT2D eigenvalue weighted by atomic mass is 10.0. The van der Waals surface area contributed by atoms with Crippen molar-refractivity contribution in [3.05, 3.63) is 35.4 Å². The van der Waals surface area contributed by atoms with Gasteiger partial charge in [-0.3, -0.25) is 4.79 Å². The summed E-state index contributed by atoms with van der Waals surface area (Å²) in [5, 5.41) is 3.12. The van der Waals surface area contributed by atoms with Gasteiger partial charge in [0.2, 0.25) is 0 Å². The van der Waals surface area contributed by atoms with Crippen molar-refractivity contribution in [2.45, 2.75) is 31.7 Å². The van der Waals surface area contributed by atoms with Crippen LogP contribution in [-0.4, -0.2) is 36.5 Å². The fourth-order valence-electron chi connectivity index (χ4n) is 2.47. The molecule has 0 spiro atoms. The number of piperidine rings is 1. The summed E-state index contributed by atoms with van der Waals surface area (Å²) in [4.78, 5) is 14.5. The smallest absolute Gasteiger partial charge is 0.251 e. The number of carbonyl (C=O) groups excluding carboxylic acids is 1. The maximum atomic E-state index is 12.1. The van der Waals surface area contributed by atoms with Crippen LogP contribution in [0.3, 0.4) is 0 Å². The molecule has 1 unspecified atom stereocenters. The molecule has 1 N–H and O–H groups in total. The topological polar surface area (TPSA) is 32.3 Å². The Bertz CT molecular complexity index is 419. The summed E-state index contributed by atoms with van der Waals surface area (Å²) in [6, 6.07) is 7.76.